The van der Waals surface area contributed by atoms with Crippen molar-refractivity contribution in [1.82, 2.24) is 15.0 Å². The van der Waals surface area contributed by atoms with Gasteiger partial charge in [-0.25, -0.2) is 0 Å². The van der Waals surface area contributed by atoms with Crippen molar-refractivity contribution >= 4 is 5.91 Å². The Labute approximate surface area is 142 Å². The second-order valence-electron chi connectivity index (χ2n) is 7.49. The molecule has 2 aliphatic carbocycles. The second-order valence-corrected chi connectivity index (χ2v) is 7.49. The molecule has 1 amide bonds. The van der Waals surface area contributed by atoms with E-state index in [1.807, 2.05) is 4.90 Å². The molecule has 3 aliphatic rings. The van der Waals surface area contributed by atoms with E-state index in [2.05, 4.69) is 10.1 Å². The molecule has 1 aliphatic heterocycles. The second kappa shape index (κ2) is 7.21. The first-order valence-electron chi connectivity index (χ1n) is 9.52. The summed E-state index contributed by atoms with van der Waals surface area (Å²) in [5.41, 5.74) is 0. The van der Waals surface area contributed by atoms with Crippen LogP contribution in [0.1, 0.15) is 69.1 Å². The fraction of sp³-hybridized carbons (Fsp3) is 0.833. The maximum atomic E-state index is 12.7. The van der Waals surface area contributed by atoms with Crippen LogP contribution < -0.4 is 0 Å². The molecule has 0 spiro atoms. The first kappa shape index (κ1) is 16.1. The van der Waals surface area contributed by atoms with Gasteiger partial charge in [0.1, 0.15) is 6.04 Å². The zero-order valence-electron chi connectivity index (χ0n) is 14.3. The summed E-state index contributed by atoms with van der Waals surface area (Å²) in [6.07, 6.45) is 9.67. The lowest BCUT2D eigenvalue weighted by atomic mass is 10.1. The van der Waals surface area contributed by atoms with Gasteiger partial charge in [-0.15, -0.1) is 0 Å². The molecule has 1 aromatic rings. The van der Waals surface area contributed by atoms with Gasteiger partial charge in [0.2, 0.25) is 11.8 Å². The molecule has 1 unspecified atom stereocenters. The number of carbonyl (C=O) groups excluding carboxylic acids is 1. The van der Waals surface area contributed by atoms with Gasteiger partial charge < -0.3 is 14.2 Å². The third-order valence-corrected chi connectivity index (χ3v) is 5.53. The average Bonchev–Trinajstić information content (AvgIpc) is 3.07. The largest absolute Gasteiger partial charge is 0.381 e. The quantitative estimate of drug-likeness (QED) is 0.718. The summed E-state index contributed by atoms with van der Waals surface area (Å²) in [5, 5.41) is 4.08. The van der Waals surface area contributed by atoms with Crippen LogP contribution in [-0.2, 0) is 16.0 Å². The Balaban J connectivity index is 1.32. The normalized spacial score (nSPS) is 24.8. The molecule has 24 heavy (non-hydrogen) atoms. The number of amides is 1. The number of carbonyl (C=O) groups is 1. The first-order valence-corrected chi connectivity index (χ1v) is 9.52. The Morgan fingerprint density at radius 2 is 2.00 bits per heavy atom. The molecule has 2 heterocycles. The molecule has 0 radical (unpaired) electrons. The highest BCUT2D eigenvalue weighted by Gasteiger charge is 2.37. The van der Waals surface area contributed by atoms with Gasteiger partial charge in [-0.3, -0.25) is 4.79 Å². The van der Waals surface area contributed by atoms with Gasteiger partial charge in [-0.1, -0.05) is 18.0 Å². The minimum absolute atomic E-state index is 0.0215. The van der Waals surface area contributed by atoms with E-state index in [9.17, 15) is 4.79 Å². The molecule has 6 nitrogen and oxygen atoms in total. The lowest BCUT2D eigenvalue weighted by Gasteiger charge is -2.24. The molecule has 132 valence electrons. The lowest BCUT2D eigenvalue weighted by molar-refractivity contribution is -0.136. The number of ether oxygens (including phenoxy) is 1. The highest BCUT2D eigenvalue weighted by molar-refractivity contribution is 5.79. The van der Waals surface area contributed by atoms with Crippen molar-refractivity contribution < 1.29 is 14.1 Å². The summed E-state index contributed by atoms with van der Waals surface area (Å²) in [5.74, 6) is 2.59. The van der Waals surface area contributed by atoms with Crippen LogP contribution in [0.5, 0.6) is 0 Å². The summed E-state index contributed by atoms with van der Waals surface area (Å²) in [4.78, 5) is 19.2. The number of hydrogen-bond donors (Lipinski definition) is 0. The topological polar surface area (TPSA) is 68.5 Å². The molecule has 1 aromatic heterocycles. The monoisotopic (exact) mass is 333 g/mol. The van der Waals surface area contributed by atoms with Gasteiger partial charge >= 0.3 is 0 Å². The summed E-state index contributed by atoms with van der Waals surface area (Å²) < 4.78 is 11.1. The Morgan fingerprint density at radius 3 is 2.79 bits per heavy atom. The molecule has 6 heteroatoms. The maximum absolute atomic E-state index is 12.7. The van der Waals surface area contributed by atoms with Crippen LogP contribution in [0.4, 0.5) is 0 Å². The van der Waals surface area contributed by atoms with E-state index in [4.69, 9.17) is 9.26 Å². The fourth-order valence-electron chi connectivity index (χ4n) is 3.90. The van der Waals surface area contributed by atoms with Gasteiger partial charge in [-0.05, 0) is 44.4 Å². The van der Waals surface area contributed by atoms with Crippen LogP contribution in [0.25, 0.3) is 0 Å². The summed E-state index contributed by atoms with van der Waals surface area (Å²) in [6, 6.07) is -0.0215. The van der Waals surface area contributed by atoms with Crippen molar-refractivity contribution in [3.05, 3.63) is 11.7 Å². The highest BCUT2D eigenvalue weighted by Crippen LogP contribution is 2.35. The molecular formula is C18H27N3O3. The SMILES string of the molecule is O=C(C1CCCC1)N1CCCC1c1nc(CCOCC2CC2)no1. The fourth-order valence-corrected chi connectivity index (χ4v) is 3.90. The van der Waals surface area contributed by atoms with E-state index >= 15 is 0 Å². The standard InChI is InChI=1S/C18H27N3O3/c22-18(14-4-1-2-5-14)21-10-3-6-15(21)17-19-16(20-24-17)9-11-23-12-13-7-8-13/h13-15H,1-12H2. The molecular weight excluding hydrogens is 306 g/mol. The average molecular weight is 333 g/mol. The summed E-state index contributed by atoms with van der Waals surface area (Å²) >= 11 is 0. The molecule has 0 aromatic carbocycles. The van der Waals surface area contributed by atoms with Crippen LogP contribution in [-0.4, -0.2) is 40.7 Å². The van der Waals surface area contributed by atoms with Crippen LogP contribution >= 0.6 is 0 Å². The van der Waals surface area contributed by atoms with Crippen molar-refractivity contribution in [2.75, 3.05) is 19.8 Å². The summed E-state index contributed by atoms with van der Waals surface area (Å²) in [6.45, 7) is 2.32. The van der Waals surface area contributed by atoms with Gasteiger partial charge in [0, 0.05) is 25.5 Å². The van der Waals surface area contributed by atoms with Crippen LogP contribution in [0, 0.1) is 11.8 Å². The number of rotatable bonds is 7. The molecule has 1 atom stereocenters. The summed E-state index contributed by atoms with van der Waals surface area (Å²) in [7, 11) is 0. The van der Waals surface area contributed by atoms with Gasteiger partial charge in [0.25, 0.3) is 0 Å². The Morgan fingerprint density at radius 1 is 1.17 bits per heavy atom. The molecule has 0 bridgehead atoms. The molecule has 4 rings (SSSR count). The van der Waals surface area contributed by atoms with Gasteiger partial charge in [0.15, 0.2) is 5.82 Å². The Bertz CT molecular complexity index is 564. The van der Waals surface area contributed by atoms with Crippen LogP contribution in [0.15, 0.2) is 4.52 Å². The van der Waals surface area contributed by atoms with E-state index in [-0.39, 0.29) is 12.0 Å². The predicted octanol–water partition coefficient (Wildman–Crippen LogP) is 2.89. The molecule has 0 N–H and O–H groups in total. The van der Waals surface area contributed by atoms with E-state index in [0.29, 0.717) is 30.7 Å². The third-order valence-electron chi connectivity index (χ3n) is 5.53. The van der Waals surface area contributed by atoms with E-state index in [1.54, 1.807) is 0 Å². The van der Waals surface area contributed by atoms with Crippen molar-refractivity contribution in [3.8, 4) is 0 Å². The zero-order valence-corrected chi connectivity index (χ0v) is 14.3. The highest BCUT2D eigenvalue weighted by atomic mass is 16.5. The van der Waals surface area contributed by atoms with Crippen molar-refractivity contribution in [1.29, 1.82) is 0 Å². The van der Waals surface area contributed by atoms with Crippen molar-refractivity contribution in [2.24, 2.45) is 11.8 Å². The first-order chi connectivity index (χ1) is 11.8. The minimum Gasteiger partial charge on any atom is -0.381 e. The van der Waals surface area contributed by atoms with Crippen LogP contribution in [0.3, 0.4) is 0 Å². The van der Waals surface area contributed by atoms with E-state index in [1.165, 1.54) is 25.7 Å². The smallest absolute Gasteiger partial charge is 0.249 e. The molecule has 3 fully saturated rings. The van der Waals surface area contributed by atoms with Gasteiger partial charge in [0.05, 0.1) is 6.61 Å². The molecule has 2 saturated carbocycles. The number of hydrogen-bond acceptors (Lipinski definition) is 5. The van der Waals surface area contributed by atoms with E-state index < -0.39 is 0 Å². The molecule has 1 saturated heterocycles. The Hall–Kier alpha value is -1.43. The number of aromatic nitrogens is 2. The third kappa shape index (κ3) is 3.63. The van der Waals surface area contributed by atoms with E-state index in [0.717, 1.165) is 44.8 Å². The Kier molecular flexibility index (Phi) is 4.83. The van der Waals surface area contributed by atoms with Crippen LogP contribution in [0.2, 0.25) is 0 Å². The minimum atomic E-state index is -0.0215. The maximum Gasteiger partial charge on any atom is 0.249 e. The van der Waals surface area contributed by atoms with Crippen molar-refractivity contribution in [3.63, 3.8) is 0 Å². The van der Waals surface area contributed by atoms with Crippen molar-refractivity contribution in [2.45, 2.75) is 63.8 Å². The number of likely N-dealkylation sites (tertiary alicyclic amines) is 1. The number of nitrogens with zero attached hydrogens (tertiary/aromatic N) is 3. The lowest BCUT2D eigenvalue weighted by Crippen LogP contribution is -2.35. The van der Waals surface area contributed by atoms with Gasteiger partial charge in [-0.2, -0.15) is 4.98 Å². The zero-order chi connectivity index (χ0) is 16.4. The predicted molar refractivity (Wildman–Crippen MR) is 87.2 cm³/mol.